The zero-order chi connectivity index (χ0) is 21.5. The first kappa shape index (κ1) is 19.4. The van der Waals surface area contributed by atoms with E-state index in [1.807, 2.05) is 35.2 Å². The minimum atomic E-state index is -0.731. The van der Waals surface area contributed by atoms with E-state index in [-0.39, 0.29) is 41.0 Å². The molecule has 2 aliphatic rings. The number of aromatic hydroxyl groups is 1. The van der Waals surface area contributed by atoms with Gasteiger partial charge in [0.2, 0.25) is 0 Å². The van der Waals surface area contributed by atoms with E-state index < -0.39 is 5.82 Å². The van der Waals surface area contributed by atoms with E-state index in [9.17, 15) is 19.1 Å². The van der Waals surface area contributed by atoms with Gasteiger partial charge in [-0.05, 0) is 29.8 Å². The van der Waals surface area contributed by atoms with E-state index in [4.69, 9.17) is 0 Å². The molecule has 2 aromatic carbocycles. The number of phenolic OH excluding ortho intramolecular Hbond substituents is 1. The molecule has 31 heavy (non-hydrogen) atoms. The molecule has 2 saturated heterocycles. The lowest BCUT2D eigenvalue weighted by atomic mass is 9.89. The van der Waals surface area contributed by atoms with Crippen molar-refractivity contribution in [1.82, 2.24) is 14.8 Å². The predicted octanol–water partition coefficient (Wildman–Crippen LogP) is 3.44. The Morgan fingerprint density at radius 1 is 0.968 bits per heavy atom. The molecule has 3 aromatic rings. The molecule has 5 rings (SSSR count). The normalized spacial score (nSPS) is 22.5. The third-order valence-corrected chi connectivity index (χ3v) is 6.36. The molecule has 158 valence electrons. The van der Waals surface area contributed by atoms with E-state index >= 15 is 0 Å². The Labute approximate surface area is 178 Å². The molecular weight excluding hydrogens is 397 g/mol. The third kappa shape index (κ3) is 3.36. The number of hydrogen-bond donors (Lipinski definition) is 2. The lowest BCUT2D eigenvalue weighted by molar-refractivity contribution is 0.0671. The largest absolute Gasteiger partial charge is 0.508 e. The number of phenols is 1. The summed E-state index contributed by atoms with van der Waals surface area (Å²) in [6, 6.07) is 16.8. The van der Waals surface area contributed by atoms with E-state index in [2.05, 4.69) is 4.98 Å². The van der Waals surface area contributed by atoms with Crippen molar-refractivity contribution in [2.45, 2.75) is 6.04 Å². The Bertz CT molecular complexity index is 1120. The number of H-pyrrole nitrogens is 1. The Hall–Kier alpha value is -3.61. The smallest absolute Gasteiger partial charge is 0.270 e. The number of carbonyl (C=O) groups excluding carboxylic acids is 2. The van der Waals surface area contributed by atoms with Gasteiger partial charge in [0.25, 0.3) is 11.8 Å². The molecule has 2 amide bonds. The molecule has 0 saturated carbocycles. The molecule has 0 unspecified atom stereocenters. The zero-order valence-electron chi connectivity index (χ0n) is 16.7. The molecule has 2 N–H and O–H groups in total. The summed E-state index contributed by atoms with van der Waals surface area (Å²) in [5.74, 6) is -1.23. The first-order chi connectivity index (χ1) is 15.0. The molecule has 3 heterocycles. The second kappa shape index (κ2) is 7.58. The van der Waals surface area contributed by atoms with Gasteiger partial charge in [-0.25, -0.2) is 4.39 Å². The Morgan fingerprint density at radius 3 is 2.48 bits per heavy atom. The van der Waals surface area contributed by atoms with Crippen LogP contribution in [0.15, 0.2) is 66.9 Å². The molecule has 0 radical (unpaired) electrons. The lowest BCUT2D eigenvalue weighted by Gasteiger charge is -2.30. The number of nitrogens with one attached hydrogen (secondary N) is 1. The summed E-state index contributed by atoms with van der Waals surface area (Å²) in [5.41, 5.74) is 1.52. The number of aromatic amines is 1. The van der Waals surface area contributed by atoms with Crippen LogP contribution in [0.5, 0.6) is 5.75 Å². The minimum Gasteiger partial charge on any atom is -0.508 e. The summed E-state index contributed by atoms with van der Waals surface area (Å²) in [5, 5.41) is 9.43. The molecule has 3 atom stereocenters. The van der Waals surface area contributed by atoms with Crippen molar-refractivity contribution >= 4 is 11.8 Å². The lowest BCUT2D eigenvalue weighted by Crippen LogP contribution is -2.37. The van der Waals surface area contributed by atoms with Crippen LogP contribution in [0.25, 0.3) is 0 Å². The molecule has 0 spiro atoms. The van der Waals surface area contributed by atoms with Crippen molar-refractivity contribution in [3.63, 3.8) is 0 Å². The number of nitrogens with zero attached hydrogens (tertiary/aromatic N) is 2. The highest BCUT2D eigenvalue weighted by Gasteiger charge is 2.50. The summed E-state index contributed by atoms with van der Waals surface area (Å²) in [4.78, 5) is 32.7. The number of hydrogen-bond acceptors (Lipinski definition) is 3. The van der Waals surface area contributed by atoms with Crippen LogP contribution >= 0.6 is 0 Å². The van der Waals surface area contributed by atoms with Crippen molar-refractivity contribution in [2.75, 3.05) is 19.6 Å². The Morgan fingerprint density at radius 2 is 1.77 bits per heavy atom. The van der Waals surface area contributed by atoms with Crippen LogP contribution in [0.3, 0.4) is 0 Å². The fourth-order valence-electron chi connectivity index (χ4n) is 4.96. The topological polar surface area (TPSA) is 76.6 Å². The maximum Gasteiger partial charge on any atom is 0.270 e. The van der Waals surface area contributed by atoms with Gasteiger partial charge in [0.15, 0.2) is 0 Å². The average Bonchev–Trinajstić information content (AvgIpc) is 3.49. The maximum atomic E-state index is 14.2. The van der Waals surface area contributed by atoms with Crippen LogP contribution < -0.4 is 0 Å². The summed E-state index contributed by atoms with van der Waals surface area (Å²) < 4.78 is 14.2. The molecular formula is C24H22FN3O3. The summed E-state index contributed by atoms with van der Waals surface area (Å²) >= 11 is 0. The summed E-state index contributed by atoms with van der Waals surface area (Å²) in [6.45, 7) is 1.43. The standard InChI is InChI=1S/C24H22FN3O3/c25-20-11-17(29)8-9-18(20)23(30)27-12-16-13-28(24(31)21-7-4-10-26-21)22(19(16)14-27)15-5-2-1-3-6-15/h1-11,16,19,22,26,29H,12-14H2/t16-,19-,22+/m0/s1. The number of carbonyl (C=O) groups is 2. The second-order valence-corrected chi connectivity index (χ2v) is 8.20. The fourth-order valence-corrected chi connectivity index (χ4v) is 4.96. The van der Waals surface area contributed by atoms with Crippen LogP contribution in [-0.4, -0.2) is 51.3 Å². The van der Waals surface area contributed by atoms with E-state index in [0.29, 0.717) is 25.3 Å². The number of amides is 2. The summed E-state index contributed by atoms with van der Waals surface area (Å²) in [7, 11) is 0. The van der Waals surface area contributed by atoms with Crippen LogP contribution in [0, 0.1) is 17.7 Å². The number of likely N-dealkylation sites (tertiary alicyclic amines) is 2. The maximum absolute atomic E-state index is 14.2. The van der Waals surface area contributed by atoms with Crippen molar-refractivity contribution in [3.05, 3.63) is 89.5 Å². The summed E-state index contributed by atoms with van der Waals surface area (Å²) in [6.07, 6.45) is 1.73. The van der Waals surface area contributed by atoms with Gasteiger partial charge in [-0.1, -0.05) is 30.3 Å². The molecule has 1 aromatic heterocycles. The molecule has 2 fully saturated rings. The molecule has 2 aliphatic heterocycles. The zero-order valence-corrected chi connectivity index (χ0v) is 16.7. The monoisotopic (exact) mass is 419 g/mol. The highest BCUT2D eigenvalue weighted by atomic mass is 19.1. The number of halogens is 1. The first-order valence-electron chi connectivity index (χ1n) is 10.3. The first-order valence-corrected chi connectivity index (χ1v) is 10.3. The number of fused-ring (bicyclic) bond motifs is 1. The SMILES string of the molecule is O=C(c1ccc(O)cc1F)N1C[C@H]2CN(C(=O)c3ccc[nH]3)[C@H](c3ccccc3)[C@H]2C1. The van der Waals surface area contributed by atoms with Crippen molar-refractivity contribution in [2.24, 2.45) is 11.8 Å². The van der Waals surface area contributed by atoms with Gasteiger partial charge in [-0.15, -0.1) is 0 Å². The van der Waals surface area contributed by atoms with Gasteiger partial charge < -0.3 is 19.9 Å². The Kier molecular flexibility index (Phi) is 4.73. The molecule has 0 bridgehead atoms. The molecule has 6 nitrogen and oxygen atoms in total. The van der Waals surface area contributed by atoms with E-state index in [1.54, 1.807) is 23.2 Å². The highest BCUT2D eigenvalue weighted by molar-refractivity contribution is 5.95. The van der Waals surface area contributed by atoms with Gasteiger partial charge in [0.1, 0.15) is 17.3 Å². The van der Waals surface area contributed by atoms with Crippen LogP contribution in [-0.2, 0) is 0 Å². The minimum absolute atomic E-state index is 0.0478. The molecule has 7 heteroatoms. The highest BCUT2D eigenvalue weighted by Crippen LogP contribution is 2.45. The van der Waals surface area contributed by atoms with Gasteiger partial charge in [0.05, 0.1) is 11.6 Å². The average molecular weight is 419 g/mol. The number of rotatable bonds is 3. The van der Waals surface area contributed by atoms with Crippen LogP contribution in [0.1, 0.15) is 32.5 Å². The van der Waals surface area contributed by atoms with Crippen LogP contribution in [0.2, 0.25) is 0 Å². The van der Waals surface area contributed by atoms with Gasteiger partial charge >= 0.3 is 0 Å². The van der Waals surface area contributed by atoms with Gasteiger partial charge in [-0.2, -0.15) is 0 Å². The van der Waals surface area contributed by atoms with Gasteiger partial charge in [-0.3, -0.25) is 9.59 Å². The van der Waals surface area contributed by atoms with E-state index in [0.717, 1.165) is 11.6 Å². The van der Waals surface area contributed by atoms with Crippen molar-refractivity contribution < 1.29 is 19.1 Å². The third-order valence-electron chi connectivity index (χ3n) is 6.36. The molecule has 0 aliphatic carbocycles. The fraction of sp³-hybridized carbons (Fsp3) is 0.250. The number of aromatic nitrogens is 1. The van der Waals surface area contributed by atoms with Crippen molar-refractivity contribution in [1.29, 1.82) is 0 Å². The van der Waals surface area contributed by atoms with Gasteiger partial charge in [0, 0.05) is 43.7 Å². The van der Waals surface area contributed by atoms with E-state index in [1.165, 1.54) is 12.1 Å². The Balaban J connectivity index is 1.43. The number of benzene rings is 2. The van der Waals surface area contributed by atoms with Crippen molar-refractivity contribution in [3.8, 4) is 5.75 Å². The predicted molar refractivity (Wildman–Crippen MR) is 112 cm³/mol. The van der Waals surface area contributed by atoms with Crippen LogP contribution in [0.4, 0.5) is 4.39 Å². The second-order valence-electron chi connectivity index (χ2n) is 8.20. The quantitative estimate of drug-likeness (QED) is 0.683.